The number of hydrogen-bond donors (Lipinski definition) is 0. The first-order chi connectivity index (χ1) is 10.4. The minimum atomic E-state index is -0.935. The Hall–Kier alpha value is -1.34. The zero-order valence-corrected chi connectivity index (χ0v) is 13.7. The van der Waals surface area contributed by atoms with Gasteiger partial charge in [0.2, 0.25) is 0 Å². The fourth-order valence-electron chi connectivity index (χ4n) is 1.83. The van der Waals surface area contributed by atoms with Gasteiger partial charge in [0.15, 0.2) is 0 Å². The first-order valence-electron chi connectivity index (χ1n) is 5.81. The molecule has 0 N–H and O–H groups in total. The van der Waals surface area contributed by atoms with Crippen LogP contribution < -0.4 is 0 Å². The van der Waals surface area contributed by atoms with Gasteiger partial charge in [0.25, 0.3) is 0 Å². The average Bonchev–Trinajstić information content (AvgIpc) is 2.88. The molecule has 2 aromatic rings. The van der Waals surface area contributed by atoms with E-state index in [9.17, 15) is 14.9 Å². The molecular formula is C12H7Cl4N3O3. The molecule has 0 saturated carbocycles. The second-order valence-electron chi connectivity index (χ2n) is 4.20. The van der Waals surface area contributed by atoms with E-state index in [1.54, 1.807) is 0 Å². The van der Waals surface area contributed by atoms with Gasteiger partial charge in [0.1, 0.15) is 18.2 Å². The van der Waals surface area contributed by atoms with Gasteiger partial charge in [0, 0.05) is 6.42 Å². The zero-order chi connectivity index (χ0) is 16.4. The third-order valence-corrected chi connectivity index (χ3v) is 4.36. The minimum Gasteiger partial charge on any atom is -0.302 e. The van der Waals surface area contributed by atoms with Crippen molar-refractivity contribution in [3.8, 4) is 5.69 Å². The second-order valence-corrected chi connectivity index (χ2v) is 5.92. The smallest absolute Gasteiger partial charge is 0.302 e. The fourth-order valence-corrected chi connectivity index (χ4v) is 2.59. The third kappa shape index (κ3) is 3.20. The van der Waals surface area contributed by atoms with Crippen LogP contribution in [-0.2, 0) is 11.2 Å². The van der Waals surface area contributed by atoms with Crippen LogP contribution in [0, 0.1) is 10.1 Å². The van der Waals surface area contributed by atoms with Gasteiger partial charge in [-0.05, 0) is 12.1 Å². The highest BCUT2D eigenvalue weighted by Gasteiger charge is 2.25. The van der Waals surface area contributed by atoms with Gasteiger partial charge in [-0.1, -0.05) is 34.8 Å². The van der Waals surface area contributed by atoms with Crippen LogP contribution in [0.4, 0.5) is 5.69 Å². The molecule has 116 valence electrons. The summed E-state index contributed by atoms with van der Waals surface area (Å²) in [6, 6.07) is 3.00. The Bertz CT molecular complexity index is 747. The van der Waals surface area contributed by atoms with Crippen molar-refractivity contribution >= 4 is 58.4 Å². The summed E-state index contributed by atoms with van der Waals surface area (Å²) in [7, 11) is 0. The van der Waals surface area contributed by atoms with Crippen molar-refractivity contribution in [2.45, 2.75) is 11.8 Å². The lowest BCUT2D eigenvalue weighted by Crippen LogP contribution is -2.12. The van der Waals surface area contributed by atoms with E-state index in [0.29, 0.717) is 12.0 Å². The van der Waals surface area contributed by atoms with E-state index in [0.717, 1.165) is 6.20 Å². The topological polar surface area (TPSA) is 78.0 Å². The monoisotopic (exact) mass is 381 g/mol. The Morgan fingerprint density at radius 2 is 2.00 bits per heavy atom. The van der Waals surface area contributed by atoms with E-state index >= 15 is 0 Å². The molecule has 0 aliphatic heterocycles. The second kappa shape index (κ2) is 6.83. The Morgan fingerprint density at radius 1 is 1.32 bits per heavy atom. The van der Waals surface area contributed by atoms with Crippen molar-refractivity contribution in [2.75, 3.05) is 0 Å². The van der Waals surface area contributed by atoms with Crippen molar-refractivity contribution in [2.24, 2.45) is 0 Å². The largest absolute Gasteiger partial charge is 0.310 e. The van der Waals surface area contributed by atoms with Crippen molar-refractivity contribution in [3.05, 3.63) is 49.2 Å². The van der Waals surface area contributed by atoms with Crippen LogP contribution in [-0.4, -0.2) is 26.4 Å². The van der Waals surface area contributed by atoms with Gasteiger partial charge in [0.05, 0.1) is 31.1 Å². The summed E-state index contributed by atoms with van der Waals surface area (Å²) in [5.74, 6) is 0. The first-order valence-corrected chi connectivity index (χ1v) is 7.38. The number of benzene rings is 1. The van der Waals surface area contributed by atoms with Crippen LogP contribution in [0.1, 0.15) is 5.69 Å². The maximum atomic E-state index is 11.1. The lowest BCUT2D eigenvalue weighted by atomic mass is 10.2. The summed E-state index contributed by atoms with van der Waals surface area (Å²) < 4.78 is 1.22. The average molecular weight is 383 g/mol. The predicted molar refractivity (Wildman–Crippen MR) is 84.7 cm³/mol. The van der Waals surface area contributed by atoms with Gasteiger partial charge >= 0.3 is 5.69 Å². The summed E-state index contributed by atoms with van der Waals surface area (Å²) in [5.41, 5.74) is 0.168. The summed E-state index contributed by atoms with van der Waals surface area (Å²) in [5, 5.41) is 14.5. The quantitative estimate of drug-likeness (QED) is 0.256. The van der Waals surface area contributed by atoms with E-state index in [1.807, 2.05) is 0 Å². The number of carbonyl (C=O) groups excluding carboxylic acids is 1. The normalized spacial score (nSPS) is 12.2. The number of carbonyl (C=O) groups is 1. The van der Waals surface area contributed by atoms with Gasteiger partial charge < -0.3 is 4.79 Å². The molecule has 0 fully saturated rings. The Morgan fingerprint density at radius 3 is 2.59 bits per heavy atom. The van der Waals surface area contributed by atoms with Crippen LogP contribution in [0.25, 0.3) is 5.69 Å². The molecule has 1 aromatic carbocycles. The summed E-state index contributed by atoms with van der Waals surface area (Å²) >= 11 is 23.7. The maximum absolute atomic E-state index is 11.1. The highest BCUT2D eigenvalue weighted by atomic mass is 35.5. The van der Waals surface area contributed by atoms with Crippen molar-refractivity contribution < 1.29 is 9.72 Å². The number of rotatable bonds is 5. The minimum absolute atomic E-state index is 0.0854. The molecule has 0 spiro atoms. The molecule has 0 aliphatic rings. The standard InChI is InChI=1S/C12H7Cl4N3O3/c13-6(5-20)3-9-10(19(21)22)4-17-18(9)8-2-1-7(14)11(15)12(8)16/h1-2,4-6H,3H2. The fraction of sp³-hybridized carbons (Fsp3) is 0.167. The summed E-state index contributed by atoms with van der Waals surface area (Å²) in [6.07, 6.45) is 1.46. The molecule has 1 aromatic heterocycles. The highest BCUT2D eigenvalue weighted by Crippen LogP contribution is 2.36. The molecule has 6 nitrogen and oxygen atoms in total. The zero-order valence-electron chi connectivity index (χ0n) is 10.7. The number of halogens is 4. The number of alkyl halides is 1. The van der Waals surface area contributed by atoms with Crippen LogP contribution in [0.5, 0.6) is 0 Å². The molecule has 0 bridgehead atoms. The van der Waals surface area contributed by atoms with Gasteiger partial charge in [-0.3, -0.25) is 10.1 Å². The Balaban J connectivity index is 2.63. The molecule has 1 heterocycles. The van der Waals surface area contributed by atoms with Gasteiger partial charge in [-0.25, -0.2) is 4.68 Å². The molecule has 1 unspecified atom stereocenters. The number of aldehydes is 1. The summed E-state index contributed by atoms with van der Waals surface area (Å²) in [4.78, 5) is 21.2. The van der Waals surface area contributed by atoms with Crippen molar-refractivity contribution in [1.82, 2.24) is 9.78 Å². The van der Waals surface area contributed by atoms with Crippen molar-refractivity contribution in [1.29, 1.82) is 0 Å². The highest BCUT2D eigenvalue weighted by molar-refractivity contribution is 6.48. The van der Waals surface area contributed by atoms with Crippen LogP contribution in [0.3, 0.4) is 0 Å². The van der Waals surface area contributed by atoms with Crippen LogP contribution in [0.15, 0.2) is 18.3 Å². The molecule has 0 saturated heterocycles. The van der Waals surface area contributed by atoms with E-state index < -0.39 is 10.3 Å². The molecular weight excluding hydrogens is 376 g/mol. The number of nitrogens with zero attached hydrogens (tertiary/aromatic N) is 3. The molecule has 10 heteroatoms. The SMILES string of the molecule is O=CC(Cl)Cc1c([N+](=O)[O-])cnn1-c1ccc(Cl)c(Cl)c1Cl. The van der Waals surface area contributed by atoms with Gasteiger partial charge in [-0.15, -0.1) is 11.6 Å². The molecule has 1 atom stereocenters. The van der Waals surface area contributed by atoms with E-state index in [4.69, 9.17) is 46.4 Å². The van der Waals surface area contributed by atoms with Crippen LogP contribution in [0.2, 0.25) is 15.1 Å². The lowest BCUT2D eigenvalue weighted by molar-refractivity contribution is -0.385. The van der Waals surface area contributed by atoms with E-state index in [2.05, 4.69) is 5.10 Å². The molecule has 2 rings (SSSR count). The maximum Gasteiger partial charge on any atom is 0.310 e. The Labute approximate surface area is 144 Å². The van der Waals surface area contributed by atoms with E-state index in [1.165, 1.54) is 16.8 Å². The van der Waals surface area contributed by atoms with Crippen LogP contribution >= 0.6 is 46.4 Å². The number of nitro groups is 1. The summed E-state index contributed by atoms with van der Waals surface area (Å²) in [6.45, 7) is 0. The van der Waals surface area contributed by atoms with Crippen molar-refractivity contribution in [3.63, 3.8) is 0 Å². The Kier molecular flexibility index (Phi) is 5.28. The van der Waals surface area contributed by atoms with E-state index in [-0.39, 0.29) is 32.9 Å². The molecule has 0 aliphatic carbocycles. The lowest BCUT2D eigenvalue weighted by Gasteiger charge is -2.11. The molecule has 0 radical (unpaired) electrons. The molecule has 22 heavy (non-hydrogen) atoms. The number of aromatic nitrogens is 2. The predicted octanol–water partition coefficient (Wildman–Crippen LogP) is 4.09. The van der Waals surface area contributed by atoms with Gasteiger partial charge in [-0.2, -0.15) is 5.10 Å². The molecule has 0 amide bonds. The first kappa shape index (κ1) is 17.0. The number of hydrogen-bond acceptors (Lipinski definition) is 4. The third-order valence-electron chi connectivity index (χ3n) is 2.82.